The van der Waals surface area contributed by atoms with Crippen LogP contribution in [0.1, 0.15) is 19.4 Å². The van der Waals surface area contributed by atoms with Crippen molar-refractivity contribution in [1.29, 1.82) is 5.26 Å². The summed E-state index contributed by atoms with van der Waals surface area (Å²) in [6.07, 6.45) is -0.459. The summed E-state index contributed by atoms with van der Waals surface area (Å²) in [6, 6.07) is 7.73. The fourth-order valence-electron chi connectivity index (χ4n) is 1.88. The molecule has 1 aromatic carbocycles. The van der Waals surface area contributed by atoms with E-state index in [0.717, 1.165) is 5.56 Å². The van der Waals surface area contributed by atoms with Crippen LogP contribution >= 0.6 is 0 Å². The molecule has 0 bridgehead atoms. The van der Waals surface area contributed by atoms with Gasteiger partial charge < -0.3 is 10.1 Å². The third-order valence-corrected chi connectivity index (χ3v) is 3.25. The van der Waals surface area contributed by atoms with Crippen molar-refractivity contribution in [3.8, 4) is 11.8 Å². The number of carbonyl (C=O) groups is 1. The molecule has 19 heavy (non-hydrogen) atoms. The Labute approximate surface area is 112 Å². The maximum Gasteiger partial charge on any atom is 0.265 e. The predicted molar refractivity (Wildman–Crippen MR) is 71.7 cm³/mol. The lowest BCUT2D eigenvalue weighted by atomic mass is 10.1. The maximum atomic E-state index is 11.6. The van der Waals surface area contributed by atoms with Gasteiger partial charge >= 0.3 is 0 Å². The van der Waals surface area contributed by atoms with Crippen molar-refractivity contribution in [1.82, 2.24) is 4.90 Å². The SMILES string of the molecule is CC1Oc2ccc(CN(C)C(C)C#N)cc2NC1=O. The molecule has 0 spiro atoms. The molecule has 1 heterocycles. The first-order chi connectivity index (χ1) is 9.01. The molecule has 0 radical (unpaired) electrons. The first kappa shape index (κ1) is 13.4. The summed E-state index contributed by atoms with van der Waals surface area (Å²) in [6.45, 7) is 4.22. The van der Waals surface area contributed by atoms with Crippen molar-refractivity contribution in [2.45, 2.75) is 32.5 Å². The number of amides is 1. The van der Waals surface area contributed by atoms with Gasteiger partial charge in [-0.25, -0.2) is 0 Å². The predicted octanol–water partition coefficient (Wildman–Crippen LogP) is 1.75. The standard InChI is InChI=1S/C14H17N3O2/c1-9(7-15)17(3)8-11-4-5-13-12(6-11)16-14(18)10(2)19-13/h4-6,9-10H,8H2,1-3H3,(H,16,18). The number of hydrogen-bond donors (Lipinski definition) is 1. The molecule has 1 N–H and O–H groups in total. The van der Waals surface area contributed by atoms with Crippen LogP contribution < -0.4 is 10.1 Å². The van der Waals surface area contributed by atoms with Crippen LogP contribution in [0.4, 0.5) is 5.69 Å². The Morgan fingerprint density at radius 3 is 3.00 bits per heavy atom. The average Bonchev–Trinajstić information content (AvgIpc) is 2.39. The number of rotatable bonds is 3. The molecule has 2 rings (SSSR count). The fraction of sp³-hybridized carbons (Fsp3) is 0.429. The number of nitrogens with one attached hydrogen (secondary N) is 1. The van der Waals surface area contributed by atoms with Crippen LogP contribution in [0.3, 0.4) is 0 Å². The highest BCUT2D eigenvalue weighted by atomic mass is 16.5. The van der Waals surface area contributed by atoms with E-state index in [1.807, 2.05) is 37.1 Å². The van der Waals surface area contributed by atoms with Crippen molar-refractivity contribution < 1.29 is 9.53 Å². The Hall–Kier alpha value is -2.06. The summed E-state index contributed by atoms with van der Waals surface area (Å²) in [7, 11) is 1.89. The van der Waals surface area contributed by atoms with Gasteiger partial charge in [-0.05, 0) is 38.6 Å². The molecule has 2 atom stereocenters. The molecule has 1 amide bonds. The average molecular weight is 259 g/mol. The van der Waals surface area contributed by atoms with Crippen LogP contribution in [0, 0.1) is 11.3 Å². The zero-order valence-corrected chi connectivity index (χ0v) is 11.3. The molecule has 2 unspecified atom stereocenters. The lowest BCUT2D eigenvalue weighted by Crippen LogP contribution is -2.34. The monoisotopic (exact) mass is 259 g/mol. The number of nitriles is 1. The number of nitrogens with zero attached hydrogens (tertiary/aromatic N) is 2. The van der Waals surface area contributed by atoms with Gasteiger partial charge in [-0.1, -0.05) is 6.07 Å². The van der Waals surface area contributed by atoms with Crippen molar-refractivity contribution in [3.63, 3.8) is 0 Å². The Bertz CT molecular complexity index is 536. The van der Waals surface area contributed by atoms with Crippen LogP contribution in [-0.4, -0.2) is 30.0 Å². The van der Waals surface area contributed by atoms with E-state index >= 15 is 0 Å². The molecule has 0 saturated carbocycles. The summed E-state index contributed by atoms with van der Waals surface area (Å²) < 4.78 is 5.49. The van der Waals surface area contributed by atoms with E-state index in [1.165, 1.54) is 0 Å². The van der Waals surface area contributed by atoms with Crippen molar-refractivity contribution in [3.05, 3.63) is 23.8 Å². The maximum absolute atomic E-state index is 11.6. The third-order valence-electron chi connectivity index (χ3n) is 3.25. The minimum atomic E-state index is -0.459. The molecule has 1 aliphatic heterocycles. The fourth-order valence-corrected chi connectivity index (χ4v) is 1.88. The first-order valence-electron chi connectivity index (χ1n) is 6.21. The molecule has 0 saturated heterocycles. The van der Waals surface area contributed by atoms with Gasteiger partial charge in [0, 0.05) is 6.54 Å². The topological polar surface area (TPSA) is 65.4 Å². The lowest BCUT2D eigenvalue weighted by molar-refractivity contribution is -0.122. The zero-order chi connectivity index (χ0) is 14.0. The van der Waals surface area contributed by atoms with E-state index in [2.05, 4.69) is 11.4 Å². The number of fused-ring (bicyclic) bond motifs is 1. The van der Waals surface area contributed by atoms with Gasteiger partial charge in [-0.3, -0.25) is 9.69 Å². The second-order valence-corrected chi connectivity index (χ2v) is 4.80. The molecular weight excluding hydrogens is 242 g/mol. The molecule has 5 heteroatoms. The van der Waals surface area contributed by atoms with E-state index in [4.69, 9.17) is 10.00 Å². The zero-order valence-electron chi connectivity index (χ0n) is 11.3. The van der Waals surface area contributed by atoms with Gasteiger partial charge in [-0.15, -0.1) is 0 Å². The third kappa shape index (κ3) is 2.85. The molecule has 100 valence electrons. The molecule has 5 nitrogen and oxygen atoms in total. The molecule has 0 aromatic heterocycles. The van der Waals surface area contributed by atoms with Crippen LogP contribution in [-0.2, 0) is 11.3 Å². The molecule has 1 aromatic rings. The largest absolute Gasteiger partial charge is 0.479 e. The van der Waals surface area contributed by atoms with E-state index in [0.29, 0.717) is 18.0 Å². The van der Waals surface area contributed by atoms with Gasteiger partial charge in [0.25, 0.3) is 5.91 Å². The molecule has 0 fully saturated rings. The highest BCUT2D eigenvalue weighted by molar-refractivity contribution is 5.97. The first-order valence-corrected chi connectivity index (χ1v) is 6.21. The number of ether oxygens (including phenoxy) is 1. The Balaban J connectivity index is 2.16. The number of hydrogen-bond acceptors (Lipinski definition) is 4. The number of anilines is 1. The van der Waals surface area contributed by atoms with Crippen molar-refractivity contribution in [2.75, 3.05) is 12.4 Å². The summed E-state index contributed by atoms with van der Waals surface area (Å²) >= 11 is 0. The number of carbonyl (C=O) groups excluding carboxylic acids is 1. The summed E-state index contributed by atoms with van der Waals surface area (Å²) in [4.78, 5) is 13.5. The van der Waals surface area contributed by atoms with Crippen LogP contribution in [0.15, 0.2) is 18.2 Å². The van der Waals surface area contributed by atoms with Gasteiger partial charge in [0.15, 0.2) is 6.10 Å². The Morgan fingerprint density at radius 1 is 1.58 bits per heavy atom. The van der Waals surface area contributed by atoms with Crippen molar-refractivity contribution >= 4 is 11.6 Å². The van der Waals surface area contributed by atoms with Crippen LogP contribution in [0.25, 0.3) is 0 Å². The highest BCUT2D eigenvalue weighted by Crippen LogP contribution is 2.30. The molecular formula is C14H17N3O2. The van der Waals surface area contributed by atoms with Gasteiger partial charge in [-0.2, -0.15) is 5.26 Å². The number of benzene rings is 1. The van der Waals surface area contributed by atoms with Crippen LogP contribution in [0.5, 0.6) is 5.75 Å². The minimum Gasteiger partial charge on any atom is -0.479 e. The van der Waals surface area contributed by atoms with E-state index in [9.17, 15) is 4.79 Å². The Kier molecular flexibility index (Phi) is 3.72. The smallest absolute Gasteiger partial charge is 0.265 e. The van der Waals surface area contributed by atoms with E-state index < -0.39 is 6.10 Å². The molecule has 0 aliphatic carbocycles. The second-order valence-electron chi connectivity index (χ2n) is 4.80. The molecule has 1 aliphatic rings. The van der Waals surface area contributed by atoms with E-state index in [1.54, 1.807) is 6.92 Å². The van der Waals surface area contributed by atoms with Gasteiger partial charge in [0.05, 0.1) is 17.8 Å². The summed E-state index contributed by atoms with van der Waals surface area (Å²) in [5.41, 5.74) is 1.72. The lowest BCUT2D eigenvalue weighted by Gasteiger charge is -2.25. The summed E-state index contributed by atoms with van der Waals surface area (Å²) in [5, 5.41) is 11.7. The Morgan fingerprint density at radius 2 is 2.32 bits per heavy atom. The van der Waals surface area contributed by atoms with Crippen LogP contribution in [0.2, 0.25) is 0 Å². The normalized spacial score (nSPS) is 19.1. The minimum absolute atomic E-state index is 0.136. The highest BCUT2D eigenvalue weighted by Gasteiger charge is 2.23. The van der Waals surface area contributed by atoms with E-state index in [-0.39, 0.29) is 11.9 Å². The summed E-state index contributed by atoms with van der Waals surface area (Å²) in [5.74, 6) is 0.551. The van der Waals surface area contributed by atoms with Crippen molar-refractivity contribution in [2.24, 2.45) is 0 Å². The quantitative estimate of drug-likeness (QED) is 0.898. The van der Waals surface area contributed by atoms with Gasteiger partial charge in [0.1, 0.15) is 5.75 Å². The second kappa shape index (κ2) is 5.29. The van der Waals surface area contributed by atoms with Gasteiger partial charge in [0.2, 0.25) is 0 Å².